The molecule has 6 aliphatic rings. The minimum Gasteiger partial charge on any atom is -0.396 e. The maximum Gasteiger partial charge on any atom is 0.472 e. The third kappa shape index (κ3) is 32.5. The molecule has 6 fully saturated rings. The van der Waals surface area contributed by atoms with Gasteiger partial charge in [0.15, 0.2) is 0 Å². The fourth-order valence-electron chi connectivity index (χ4n) is 14.0. The normalized spacial score (nSPS) is 23.7. The quantitative estimate of drug-likeness (QED) is 0.0424. The third-order valence-corrected chi connectivity index (χ3v) is 27.4. The van der Waals surface area contributed by atoms with E-state index in [0.29, 0.717) is 56.9 Å². The number of phosphoric ester groups is 1. The average molecular weight is 1510 g/mol. The molecular formula is C71H142N12O14P4. The standard InChI is InChI=1S/C71H142N12O14P4/c1-8-12-15-18-21-24-27-30-33-38-43-78-49-46-75(5)69(78)72-98(85,93-11-4)81-52-57-90-66(60-81)63-95-99(86,73-70-76(6)47-50-79(70)44-39-34-31-28-25-22-19-16-13-9-2)82-53-58-91-67(61-82)64-96-100(87,74-71-77(7)48-51-80(71)45-40-35-32-29-26-23-20-17-14-10-3)83-54-59-92-68(62-83)65-97-101(88,89)94-56-42-37-36-41-55-84/h66-68,84H,8-65H2,1-7H3,(H,88,89)/b72-69?,73-70?,74-71-/t66-,67-,68-,98?,99?,100?/m1/s1. The molecule has 2 N–H and O–H groups in total. The van der Waals surface area contributed by atoms with Crippen molar-refractivity contribution in [1.82, 2.24) is 43.4 Å². The van der Waals surface area contributed by atoms with Crippen molar-refractivity contribution in [2.75, 3.05) is 179 Å². The molecule has 6 aliphatic heterocycles. The van der Waals surface area contributed by atoms with Crippen LogP contribution >= 0.6 is 30.8 Å². The highest BCUT2D eigenvalue weighted by atomic mass is 31.2. The Bertz CT molecular complexity index is 2540. The first-order valence-corrected chi connectivity index (χ1v) is 46.3. The molecule has 0 bridgehead atoms. The van der Waals surface area contributed by atoms with Crippen LogP contribution in [0, 0.1) is 0 Å². The molecule has 6 saturated heterocycles. The van der Waals surface area contributed by atoms with Crippen molar-refractivity contribution in [3.63, 3.8) is 0 Å². The van der Waals surface area contributed by atoms with Gasteiger partial charge in [0.05, 0.1) is 71.2 Å². The second-order valence-corrected chi connectivity index (χ2v) is 36.4. The molecule has 6 heterocycles. The van der Waals surface area contributed by atoms with Gasteiger partial charge in [0.2, 0.25) is 17.9 Å². The van der Waals surface area contributed by atoms with Gasteiger partial charge in [-0.15, -0.1) is 0 Å². The molecule has 0 radical (unpaired) electrons. The van der Waals surface area contributed by atoms with E-state index in [4.69, 9.17) is 56.2 Å². The van der Waals surface area contributed by atoms with Crippen molar-refractivity contribution in [3.05, 3.63) is 0 Å². The number of rotatable bonds is 57. The highest BCUT2D eigenvalue weighted by Crippen LogP contribution is 2.58. The van der Waals surface area contributed by atoms with E-state index in [1.165, 1.54) is 148 Å². The highest BCUT2D eigenvalue weighted by Gasteiger charge is 2.45. The van der Waals surface area contributed by atoms with Gasteiger partial charge in [-0.25, -0.2) is 32.3 Å². The monoisotopic (exact) mass is 1510 g/mol. The molecule has 6 rings (SSSR count). The molecule has 0 amide bonds. The van der Waals surface area contributed by atoms with Gasteiger partial charge in [0, 0.05) is 126 Å². The molecule has 7 atom stereocenters. The van der Waals surface area contributed by atoms with Crippen LogP contribution in [0.25, 0.3) is 0 Å². The summed E-state index contributed by atoms with van der Waals surface area (Å²) in [6.45, 7) is 16.5. The van der Waals surface area contributed by atoms with Gasteiger partial charge in [-0.3, -0.25) is 18.1 Å². The molecule has 101 heavy (non-hydrogen) atoms. The lowest BCUT2D eigenvalue weighted by atomic mass is 10.1. The van der Waals surface area contributed by atoms with E-state index >= 15 is 13.7 Å². The van der Waals surface area contributed by atoms with Gasteiger partial charge >= 0.3 is 30.8 Å². The van der Waals surface area contributed by atoms with Crippen LogP contribution in [0.3, 0.4) is 0 Å². The Morgan fingerprint density at radius 1 is 0.366 bits per heavy atom. The number of phosphoric acid groups is 1. The average Bonchev–Trinajstić information content (AvgIpc) is 1.79. The summed E-state index contributed by atoms with van der Waals surface area (Å²) in [6, 6.07) is 0. The molecule has 4 unspecified atom stereocenters. The van der Waals surface area contributed by atoms with Crippen LogP contribution in [0.15, 0.2) is 14.3 Å². The predicted molar refractivity (Wildman–Crippen MR) is 408 cm³/mol. The largest absolute Gasteiger partial charge is 0.472 e. The summed E-state index contributed by atoms with van der Waals surface area (Å²) in [4.78, 5) is 23.5. The molecule has 0 aromatic heterocycles. The first kappa shape index (κ1) is 88.1. The van der Waals surface area contributed by atoms with E-state index in [0.717, 1.165) is 97.1 Å². The van der Waals surface area contributed by atoms with Crippen molar-refractivity contribution < 1.29 is 65.1 Å². The third-order valence-electron chi connectivity index (χ3n) is 20.3. The van der Waals surface area contributed by atoms with Crippen molar-refractivity contribution in [2.45, 2.75) is 264 Å². The number of hydrogen-bond donors (Lipinski definition) is 2. The molecule has 0 saturated carbocycles. The van der Waals surface area contributed by atoms with E-state index < -0.39 is 49.1 Å². The molecule has 30 heteroatoms. The van der Waals surface area contributed by atoms with Gasteiger partial charge < -0.3 is 58.1 Å². The summed E-state index contributed by atoms with van der Waals surface area (Å²) >= 11 is 0. The minimum atomic E-state index is -4.46. The van der Waals surface area contributed by atoms with Crippen LogP contribution in [-0.2, 0) is 55.1 Å². The van der Waals surface area contributed by atoms with E-state index in [1.807, 2.05) is 37.9 Å². The van der Waals surface area contributed by atoms with Crippen LogP contribution in [0.1, 0.15) is 246 Å². The van der Waals surface area contributed by atoms with Crippen LogP contribution in [-0.4, -0.2) is 268 Å². The van der Waals surface area contributed by atoms with Gasteiger partial charge in [0.1, 0.15) is 0 Å². The molecule has 0 aromatic rings. The fraction of sp³-hybridized carbons (Fsp3) is 0.958. The Balaban J connectivity index is 1.20. The Hall–Kier alpha value is -1.79. The van der Waals surface area contributed by atoms with E-state index in [1.54, 1.807) is 14.0 Å². The predicted octanol–water partition coefficient (Wildman–Crippen LogP) is 14.7. The number of hydrogen-bond acceptors (Lipinski definition) is 13. The zero-order chi connectivity index (χ0) is 72.5. The fourth-order valence-corrected chi connectivity index (χ4v) is 20.6. The highest BCUT2D eigenvalue weighted by molar-refractivity contribution is 7.56. The summed E-state index contributed by atoms with van der Waals surface area (Å²) in [5.74, 6) is 1.85. The molecular weight excluding hydrogens is 1370 g/mol. The molecule has 0 aliphatic carbocycles. The first-order chi connectivity index (χ1) is 49.0. The maximum absolute atomic E-state index is 16.3. The number of ether oxygens (including phenoxy) is 3. The van der Waals surface area contributed by atoms with Crippen LogP contribution in [0.2, 0.25) is 0 Å². The van der Waals surface area contributed by atoms with Crippen LogP contribution < -0.4 is 0 Å². The van der Waals surface area contributed by atoms with E-state index in [-0.39, 0.29) is 92.2 Å². The number of aliphatic hydroxyl groups is 1. The summed E-state index contributed by atoms with van der Waals surface area (Å²) in [5.41, 5.74) is 0. The number of likely N-dealkylation sites (N-methyl/N-ethyl adjacent to an activating group) is 3. The number of morpholine rings is 3. The first-order valence-electron chi connectivity index (χ1n) is 40.3. The van der Waals surface area contributed by atoms with Crippen molar-refractivity contribution in [1.29, 1.82) is 0 Å². The second-order valence-electron chi connectivity index (χ2n) is 28.9. The number of aliphatic hydroxyl groups excluding tert-OH is 1. The molecule has 590 valence electrons. The Morgan fingerprint density at radius 3 is 0.970 bits per heavy atom. The summed E-state index contributed by atoms with van der Waals surface area (Å²) < 4.78 is 131. The number of guanidine groups is 3. The minimum absolute atomic E-state index is 0.0157. The number of nitrogens with zero attached hydrogens (tertiary/aromatic N) is 12. The van der Waals surface area contributed by atoms with Gasteiger partial charge in [0.25, 0.3) is 0 Å². The van der Waals surface area contributed by atoms with Crippen molar-refractivity contribution in [3.8, 4) is 0 Å². The van der Waals surface area contributed by atoms with Gasteiger partial charge in [-0.05, 0) is 39.0 Å². The lowest BCUT2D eigenvalue weighted by molar-refractivity contribution is -0.0466. The SMILES string of the molecule is CCCCCCCCCCCCN1CCN(C)C1=NP(=O)(OCC)N1CCO[C@@H](COP(=O)(N=C2N(C)CCN2CCCCCCCCCCCC)N2CCO[C@@H](COP(=O)(/N=C3/N(C)CCN3CCCCCCCCCCCC)N3CCO[C@@H](COP(=O)(O)OCCCCCCO)C3)C2)C1. The van der Waals surface area contributed by atoms with E-state index in [2.05, 4.69) is 40.4 Å². The Morgan fingerprint density at radius 2 is 0.653 bits per heavy atom. The van der Waals surface area contributed by atoms with Gasteiger partial charge in [-0.1, -0.05) is 207 Å². The van der Waals surface area contributed by atoms with Gasteiger partial charge in [-0.2, -0.15) is 14.3 Å². The van der Waals surface area contributed by atoms with Crippen molar-refractivity contribution in [2.24, 2.45) is 14.3 Å². The summed E-state index contributed by atoms with van der Waals surface area (Å²) in [7, 11) is -10.7. The Labute approximate surface area is 611 Å². The summed E-state index contributed by atoms with van der Waals surface area (Å²) in [6.07, 6.45) is 37.4. The zero-order valence-corrected chi connectivity index (χ0v) is 67.8. The maximum atomic E-state index is 16.3. The number of unbranched alkanes of at least 4 members (excludes halogenated alkanes) is 30. The summed E-state index contributed by atoms with van der Waals surface area (Å²) in [5, 5.41) is 9.15. The molecule has 0 aromatic carbocycles. The molecule has 0 spiro atoms. The lowest BCUT2D eigenvalue weighted by Crippen LogP contribution is -2.46. The Kier molecular flexibility index (Phi) is 43.6. The second kappa shape index (κ2) is 50.0. The topological polar surface area (TPSA) is 249 Å². The van der Waals surface area contributed by atoms with Crippen LogP contribution in [0.4, 0.5) is 0 Å². The van der Waals surface area contributed by atoms with Crippen molar-refractivity contribution >= 4 is 48.7 Å². The zero-order valence-electron chi connectivity index (χ0n) is 64.2. The van der Waals surface area contributed by atoms with Crippen LogP contribution in [0.5, 0.6) is 0 Å². The van der Waals surface area contributed by atoms with E-state index in [9.17, 15) is 9.46 Å². The molecule has 26 nitrogen and oxygen atoms in total. The lowest BCUT2D eigenvalue weighted by Gasteiger charge is -2.39. The smallest absolute Gasteiger partial charge is 0.396 e.